The number of nitrogens with one attached hydrogen (secondary N) is 4. The number of nitrogens with zero attached hydrogens (tertiary/aromatic N) is 2. The molecule has 0 aliphatic rings. The Bertz CT molecular complexity index is 952. The molecular formula is C17H16N6O. The summed E-state index contributed by atoms with van der Waals surface area (Å²) in [4.78, 5) is 22.6. The molecule has 4 N–H and O–H groups in total. The van der Waals surface area contributed by atoms with Crippen molar-refractivity contribution in [2.24, 2.45) is 0 Å². The number of H-pyrrole nitrogens is 3. The van der Waals surface area contributed by atoms with Gasteiger partial charge in [0.25, 0.3) is 5.91 Å². The molecule has 0 atom stereocenters. The fourth-order valence-electron chi connectivity index (χ4n) is 2.65. The van der Waals surface area contributed by atoms with E-state index < -0.39 is 0 Å². The van der Waals surface area contributed by atoms with Crippen molar-refractivity contribution < 1.29 is 4.79 Å². The van der Waals surface area contributed by atoms with Crippen molar-refractivity contribution >= 4 is 16.8 Å². The van der Waals surface area contributed by atoms with Crippen molar-refractivity contribution in [1.82, 2.24) is 30.5 Å². The average molecular weight is 320 g/mol. The molecule has 0 radical (unpaired) electrons. The Morgan fingerprint density at radius 3 is 2.92 bits per heavy atom. The summed E-state index contributed by atoms with van der Waals surface area (Å²) < 4.78 is 0. The molecule has 0 saturated heterocycles. The van der Waals surface area contributed by atoms with E-state index in [0.717, 1.165) is 34.4 Å². The Hall–Kier alpha value is -3.35. The Labute approximate surface area is 137 Å². The third-order valence-electron chi connectivity index (χ3n) is 3.91. The number of aromatic nitrogens is 5. The van der Waals surface area contributed by atoms with Gasteiger partial charge in [0.2, 0.25) is 0 Å². The second-order valence-corrected chi connectivity index (χ2v) is 5.54. The van der Waals surface area contributed by atoms with Crippen LogP contribution in [0.4, 0.5) is 0 Å². The van der Waals surface area contributed by atoms with Crippen LogP contribution in [0.3, 0.4) is 0 Å². The second kappa shape index (κ2) is 6.04. The molecule has 0 aliphatic carbocycles. The predicted octanol–water partition coefficient (Wildman–Crippen LogP) is 2.25. The number of hydrogen-bond acceptors (Lipinski definition) is 3. The van der Waals surface area contributed by atoms with E-state index in [4.69, 9.17) is 0 Å². The first-order valence-electron chi connectivity index (χ1n) is 7.67. The number of carbonyl (C=O) groups is 1. The Kier molecular flexibility index (Phi) is 3.59. The fraction of sp³-hybridized carbons (Fsp3) is 0.118. The van der Waals surface area contributed by atoms with E-state index in [9.17, 15) is 4.79 Å². The van der Waals surface area contributed by atoms with E-state index in [2.05, 4.69) is 30.5 Å². The number of carbonyl (C=O) groups excluding carboxylic acids is 1. The zero-order valence-corrected chi connectivity index (χ0v) is 12.8. The molecule has 0 spiro atoms. The van der Waals surface area contributed by atoms with E-state index in [-0.39, 0.29) is 5.91 Å². The number of rotatable bonds is 5. The van der Waals surface area contributed by atoms with Crippen molar-refractivity contribution in [2.75, 3.05) is 6.54 Å². The molecule has 4 aromatic rings. The summed E-state index contributed by atoms with van der Waals surface area (Å²) in [6, 6.07) is 9.56. The fourth-order valence-corrected chi connectivity index (χ4v) is 2.65. The van der Waals surface area contributed by atoms with Crippen LogP contribution in [0.5, 0.6) is 0 Å². The Morgan fingerprint density at radius 2 is 2.12 bits per heavy atom. The Morgan fingerprint density at radius 1 is 1.17 bits per heavy atom. The molecular weight excluding hydrogens is 304 g/mol. The first-order chi connectivity index (χ1) is 11.8. The molecule has 7 nitrogen and oxygen atoms in total. The summed E-state index contributed by atoms with van der Waals surface area (Å²) in [6.07, 6.45) is 5.82. The van der Waals surface area contributed by atoms with Crippen molar-refractivity contribution in [1.29, 1.82) is 0 Å². The van der Waals surface area contributed by atoms with Crippen molar-refractivity contribution in [3.63, 3.8) is 0 Å². The highest BCUT2D eigenvalue weighted by Crippen LogP contribution is 2.23. The van der Waals surface area contributed by atoms with Gasteiger partial charge in [-0.05, 0) is 24.3 Å². The molecule has 3 aromatic heterocycles. The van der Waals surface area contributed by atoms with Crippen LogP contribution in [0.2, 0.25) is 0 Å². The monoisotopic (exact) mass is 320 g/mol. The zero-order chi connectivity index (χ0) is 16.4. The molecule has 1 aromatic carbocycles. The molecule has 0 fully saturated rings. The highest BCUT2D eigenvalue weighted by atomic mass is 16.1. The van der Waals surface area contributed by atoms with E-state index in [1.165, 1.54) is 0 Å². The smallest absolute Gasteiger partial charge is 0.251 e. The van der Waals surface area contributed by atoms with Gasteiger partial charge in [0.15, 0.2) is 0 Å². The maximum Gasteiger partial charge on any atom is 0.251 e. The highest BCUT2D eigenvalue weighted by Gasteiger charge is 2.09. The lowest BCUT2D eigenvalue weighted by Crippen LogP contribution is -2.25. The summed E-state index contributed by atoms with van der Waals surface area (Å²) in [6.45, 7) is 0.559. The van der Waals surface area contributed by atoms with E-state index >= 15 is 0 Å². The number of fused-ring (bicyclic) bond motifs is 1. The number of benzene rings is 1. The van der Waals surface area contributed by atoms with Crippen molar-refractivity contribution in [3.05, 3.63) is 60.3 Å². The van der Waals surface area contributed by atoms with Gasteiger partial charge in [0.05, 0.1) is 17.7 Å². The number of amides is 1. The Balaban J connectivity index is 1.48. The molecule has 0 aliphatic heterocycles. The summed E-state index contributed by atoms with van der Waals surface area (Å²) in [5.74, 6) is -0.0888. The zero-order valence-electron chi connectivity index (χ0n) is 12.8. The van der Waals surface area contributed by atoms with Gasteiger partial charge in [0, 0.05) is 47.5 Å². The lowest BCUT2D eigenvalue weighted by atomic mass is 10.1. The van der Waals surface area contributed by atoms with Gasteiger partial charge < -0.3 is 15.3 Å². The van der Waals surface area contributed by atoms with Crippen LogP contribution in [-0.4, -0.2) is 37.6 Å². The van der Waals surface area contributed by atoms with Gasteiger partial charge in [-0.25, -0.2) is 4.98 Å². The minimum absolute atomic E-state index is 0.0888. The summed E-state index contributed by atoms with van der Waals surface area (Å²) in [5.41, 5.74) is 4.40. The molecule has 0 unspecified atom stereocenters. The molecule has 0 bridgehead atoms. The van der Waals surface area contributed by atoms with E-state index in [1.54, 1.807) is 18.7 Å². The van der Waals surface area contributed by atoms with E-state index in [0.29, 0.717) is 12.1 Å². The van der Waals surface area contributed by atoms with Crippen LogP contribution in [0.25, 0.3) is 22.3 Å². The van der Waals surface area contributed by atoms with Crippen LogP contribution in [0, 0.1) is 0 Å². The summed E-state index contributed by atoms with van der Waals surface area (Å²) in [5, 5.41) is 10.8. The third kappa shape index (κ3) is 2.79. The highest BCUT2D eigenvalue weighted by molar-refractivity contribution is 5.98. The number of hydrogen-bond donors (Lipinski definition) is 4. The first kappa shape index (κ1) is 14.3. The lowest BCUT2D eigenvalue weighted by Gasteiger charge is -2.04. The third-order valence-corrected chi connectivity index (χ3v) is 3.91. The maximum absolute atomic E-state index is 12.3. The minimum atomic E-state index is -0.0888. The van der Waals surface area contributed by atoms with Crippen molar-refractivity contribution in [3.8, 4) is 11.4 Å². The normalized spacial score (nSPS) is 11.0. The van der Waals surface area contributed by atoms with Gasteiger partial charge in [-0.3, -0.25) is 9.89 Å². The van der Waals surface area contributed by atoms with Gasteiger partial charge in [-0.15, -0.1) is 0 Å². The van der Waals surface area contributed by atoms with Gasteiger partial charge in [-0.2, -0.15) is 5.10 Å². The standard InChI is InChI=1S/C17H16N6O/c24-17(19-5-3-13-9-18-10-20-13)12-2-1-11-7-16(22-15(11)8-12)14-4-6-21-23-14/h1-2,4,6-10,22H,3,5H2,(H,18,20)(H,19,24)(H,21,23). The largest absolute Gasteiger partial charge is 0.353 e. The maximum atomic E-state index is 12.3. The number of aromatic amines is 3. The average Bonchev–Trinajstić information content (AvgIpc) is 3.33. The van der Waals surface area contributed by atoms with Crippen LogP contribution in [0.15, 0.2) is 49.1 Å². The minimum Gasteiger partial charge on any atom is -0.353 e. The van der Waals surface area contributed by atoms with E-state index in [1.807, 2.05) is 30.3 Å². The SMILES string of the molecule is O=C(NCCc1cnc[nH]1)c1ccc2cc(-c3ccn[nH]3)[nH]c2c1. The summed E-state index contributed by atoms with van der Waals surface area (Å²) in [7, 11) is 0. The molecule has 3 heterocycles. The predicted molar refractivity (Wildman–Crippen MR) is 90.5 cm³/mol. The molecule has 1 amide bonds. The van der Waals surface area contributed by atoms with Crippen LogP contribution in [-0.2, 0) is 6.42 Å². The van der Waals surface area contributed by atoms with Gasteiger partial charge >= 0.3 is 0 Å². The molecule has 4 rings (SSSR count). The topological polar surface area (TPSA) is 102 Å². The molecule has 24 heavy (non-hydrogen) atoms. The summed E-state index contributed by atoms with van der Waals surface area (Å²) >= 11 is 0. The van der Waals surface area contributed by atoms with Crippen LogP contribution in [0.1, 0.15) is 16.1 Å². The van der Waals surface area contributed by atoms with Crippen LogP contribution >= 0.6 is 0 Å². The quantitative estimate of drug-likeness (QED) is 0.453. The molecule has 120 valence electrons. The van der Waals surface area contributed by atoms with Crippen LogP contribution < -0.4 is 5.32 Å². The first-order valence-corrected chi connectivity index (χ1v) is 7.67. The van der Waals surface area contributed by atoms with Gasteiger partial charge in [-0.1, -0.05) is 6.07 Å². The number of imidazole rings is 1. The molecule has 0 saturated carbocycles. The molecule has 7 heteroatoms. The lowest BCUT2D eigenvalue weighted by molar-refractivity contribution is 0.0954. The van der Waals surface area contributed by atoms with Gasteiger partial charge in [0.1, 0.15) is 0 Å². The van der Waals surface area contributed by atoms with Crippen molar-refractivity contribution in [2.45, 2.75) is 6.42 Å². The second-order valence-electron chi connectivity index (χ2n) is 5.54.